The van der Waals surface area contributed by atoms with Crippen molar-refractivity contribution < 1.29 is 158 Å². The van der Waals surface area contributed by atoms with Gasteiger partial charge in [0.2, 0.25) is 0 Å². The number of aliphatic hydroxyl groups is 2. The molecule has 10 heterocycles. The minimum absolute atomic E-state index is 0. The lowest BCUT2D eigenvalue weighted by atomic mass is 9.57. The summed E-state index contributed by atoms with van der Waals surface area (Å²) >= 11 is 2.15. The first kappa shape index (κ1) is 90.0. The largest absolute Gasteiger partial charge is 1.00 e. The van der Waals surface area contributed by atoms with E-state index in [0.717, 1.165) is 127 Å². The number of ether oxygens (including phenoxy) is 10. The summed E-state index contributed by atoms with van der Waals surface area (Å²) in [5.74, 6) is -6.09. The number of fused-ring (bicyclic) bond motifs is 6. The summed E-state index contributed by atoms with van der Waals surface area (Å²) in [5.41, 5.74) is 3.98. The van der Waals surface area contributed by atoms with Gasteiger partial charge in [-0.3, -0.25) is 4.90 Å². The standard InChI is InChI=1S/C44H58N2O9.C43H55N2O9.CH3I.2BrH.HI/c1-26-23-27(2)44-32(15-16-34-36(44)37(47)28(3)39(40(34)55-44)54-41(48)30-11-7-8-12-30)24-35(51-6)43(50)53-38(26)29(4)52-42(49)33-14-10-9-13-31(33)25-46-20-17-45(5,18-21-46)19-22-46;1-25-22-26(2)43-31(14-15-33-35(43)36(46)27(3)38(39(33)54-43)53-40(47)29-10-6-7-11-29)23-34(50-5)42(49)52-37(25)28(4)51-41(48)32-13-9-8-12-30(32)24-45-19-16-44(17-20-45)18-21-45;1-2;;;/h7-11,13-16,23,26,28-29,32,34-40,47H,12,17-22,24-25H2,1-6H3;6-10,12-15,22,25,27-28,31,33-39,46H,11,16-21,23-24H2,1-5H3;1H3;3*1H/q+2;+1;;;;/p-3/b27-23+;26-22+;;;;/t26-,28-,29-,32?,34-,35+,36+,37-,38+,39-,40-,44+,45?,46?;25-,27-,28-,31?,33-,34+,35+,36-,37+,38-,39-,43+;;;;/m11..../s1. The molecule has 114 heavy (non-hydrogen) atoms. The van der Waals surface area contributed by atoms with Gasteiger partial charge in [0, 0.05) is 115 Å². The van der Waals surface area contributed by atoms with Gasteiger partial charge in [0.05, 0.1) is 50.0 Å². The number of benzene rings is 2. The topological polar surface area (TPSA) is 238 Å². The number of halogens is 4. The van der Waals surface area contributed by atoms with Gasteiger partial charge in [-0.05, 0) is 81.6 Å². The van der Waals surface area contributed by atoms with Crippen molar-refractivity contribution in [2.24, 2.45) is 59.2 Å². The molecule has 0 amide bonds. The van der Waals surface area contributed by atoms with E-state index in [2.05, 4.69) is 64.9 Å². The van der Waals surface area contributed by atoms with Crippen molar-refractivity contribution in [1.29, 1.82) is 0 Å². The lowest BCUT2D eigenvalue weighted by Gasteiger charge is -2.54. The SMILES string of the molecule is CI.CO[C@H]1CC2C=C[C@H]3[C@H]4O[C@]2(/C(C)=C/[C@@H](C)[C@@H]([C@@H](C)OC(=O)c2ccccc2C[N+]25CCN(CC2)CC5)OC1=O)[C@@H]3[C@H](O)[C@@H](C)[C@H]4OC(=O)C1=CC=CC1.CO[C@H]1CC2C=C[C@H]3[C@H]4O[C@]2(/C(C)=C/[C@@H](C)[C@@H]([C@@H](C)OC(=O)c2ccccc2C[N+]25CC[N+](C)(CC2)CC5)OC1=O)[C@@H]3[C@H](O)[C@@H](C)[C@H]4OC(=O)C1=CC=CC1.[Br-].[Br-].[I-]. The van der Waals surface area contributed by atoms with Crippen molar-refractivity contribution in [3.05, 3.63) is 166 Å². The maximum absolute atomic E-state index is 14.0. The monoisotopic (exact) mass is 1930 g/mol. The van der Waals surface area contributed by atoms with E-state index in [1.165, 1.54) is 14.2 Å². The van der Waals surface area contributed by atoms with Gasteiger partial charge in [0.15, 0.2) is 12.2 Å². The van der Waals surface area contributed by atoms with Crippen molar-refractivity contribution in [2.75, 3.05) is 105 Å². The number of hydrogen-bond acceptors (Lipinski definition) is 19. The van der Waals surface area contributed by atoms with Gasteiger partial charge < -0.3 is 129 Å². The molecule has 16 aliphatic rings. The van der Waals surface area contributed by atoms with Crippen LogP contribution in [0.15, 0.2) is 144 Å². The fourth-order valence-electron chi connectivity index (χ4n) is 21.8. The molecule has 24 atom stereocenters. The van der Waals surface area contributed by atoms with Crippen LogP contribution in [0.3, 0.4) is 0 Å². The fraction of sp³-hybridized carbons (Fsp3) is 0.614. The van der Waals surface area contributed by atoms with Gasteiger partial charge in [-0.2, -0.15) is 0 Å². The quantitative estimate of drug-likeness (QED) is 0.0582. The molecule has 18 rings (SSSR count). The normalized spacial score (nSPS) is 40.9. The van der Waals surface area contributed by atoms with Gasteiger partial charge in [-0.25, -0.2) is 28.8 Å². The van der Waals surface area contributed by atoms with E-state index in [1.54, 1.807) is 26.0 Å². The Bertz CT molecular complexity index is 4120. The summed E-state index contributed by atoms with van der Waals surface area (Å²) < 4.78 is 66.1. The molecule has 12 bridgehead atoms. The molecule has 8 saturated heterocycles. The Morgan fingerprint density at radius 3 is 1.32 bits per heavy atom. The van der Waals surface area contributed by atoms with Crippen LogP contribution < -0.4 is 57.9 Å². The minimum atomic E-state index is -0.995. The first-order valence-corrected chi connectivity index (χ1v) is 42.7. The Labute approximate surface area is 723 Å². The van der Waals surface area contributed by atoms with Crippen LogP contribution in [0.2, 0.25) is 0 Å². The molecule has 2 aromatic carbocycles. The van der Waals surface area contributed by atoms with Crippen molar-refractivity contribution in [3.8, 4) is 0 Å². The third-order valence-corrected chi connectivity index (χ3v) is 28.4. The van der Waals surface area contributed by atoms with E-state index in [1.807, 2.05) is 125 Å². The van der Waals surface area contributed by atoms with Crippen LogP contribution in [0.25, 0.3) is 0 Å². The Morgan fingerprint density at radius 2 is 0.947 bits per heavy atom. The van der Waals surface area contributed by atoms with Gasteiger partial charge in [-0.1, -0.05) is 160 Å². The molecule has 22 nitrogen and oxygen atoms in total. The van der Waals surface area contributed by atoms with E-state index in [-0.39, 0.29) is 118 Å². The lowest BCUT2D eigenvalue weighted by Crippen LogP contribution is -3.00. The van der Waals surface area contributed by atoms with E-state index in [0.29, 0.717) is 35.1 Å². The van der Waals surface area contributed by atoms with Gasteiger partial charge in [-0.15, -0.1) is 0 Å². The van der Waals surface area contributed by atoms with E-state index < -0.39 is 132 Å². The first-order chi connectivity index (χ1) is 53.2. The summed E-state index contributed by atoms with van der Waals surface area (Å²) in [6, 6.07) is 15.4. The molecule has 10 aliphatic heterocycles. The number of methoxy groups -OCH3 is 2. The van der Waals surface area contributed by atoms with Crippen LogP contribution >= 0.6 is 22.6 Å². The zero-order valence-electron chi connectivity index (χ0n) is 67.7. The fourth-order valence-corrected chi connectivity index (χ4v) is 21.8. The molecular formula is C88H116Br2I2N4O18. The summed E-state index contributed by atoms with van der Waals surface area (Å²) in [7, 11) is 5.32. The average molecular weight is 1930 g/mol. The molecule has 624 valence electrons. The Balaban J connectivity index is 0.000000215. The number of likely N-dealkylation sites (N-methyl/N-ethyl adjacent to an activating group) is 1. The molecule has 2 saturated carbocycles. The zero-order valence-corrected chi connectivity index (χ0v) is 75.2. The number of carbonyl (C=O) groups excluding carboxylic acids is 6. The molecule has 6 aliphatic carbocycles. The number of cyclic esters (lactones) is 2. The molecular weight excluding hydrogens is 1810 g/mol. The smallest absolute Gasteiger partial charge is 0.339 e. The molecule has 2 N–H and O–H groups in total. The van der Waals surface area contributed by atoms with Crippen LogP contribution in [0.4, 0.5) is 0 Å². The summed E-state index contributed by atoms with van der Waals surface area (Å²) in [5, 5.41) is 24.1. The number of alkyl halides is 1. The van der Waals surface area contributed by atoms with Gasteiger partial charge in [0.1, 0.15) is 112 Å². The van der Waals surface area contributed by atoms with Gasteiger partial charge in [0.25, 0.3) is 0 Å². The number of esters is 6. The number of rotatable bonds is 16. The molecule has 26 heteroatoms. The third-order valence-electron chi connectivity index (χ3n) is 28.4. The molecule has 2 spiro atoms. The van der Waals surface area contributed by atoms with Crippen LogP contribution in [0.1, 0.15) is 113 Å². The molecule has 0 aromatic heterocycles. The van der Waals surface area contributed by atoms with Crippen LogP contribution in [0.5, 0.6) is 0 Å². The zero-order chi connectivity index (χ0) is 78.8. The predicted octanol–water partition coefficient (Wildman–Crippen LogP) is 0.519. The second-order valence-corrected chi connectivity index (χ2v) is 34.7. The average Bonchev–Trinajstić information content (AvgIpc) is 1.54. The number of aliphatic hydroxyl groups excluding tert-OH is 2. The Hall–Kier alpha value is -4.80. The number of piperazine rings is 6. The number of nitrogens with zero attached hydrogens (tertiary/aromatic N) is 4. The second kappa shape index (κ2) is 36.6. The van der Waals surface area contributed by atoms with Gasteiger partial charge >= 0.3 is 35.8 Å². The first-order valence-electron chi connectivity index (χ1n) is 40.5. The van der Waals surface area contributed by atoms with Crippen molar-refractivity contribution in [1.82, 2.24) is 4.90 Å². The van der Waals surface area contributed by atoms with Crippen LogP contribution in [-0.4, -0.2) is 254 Å². The maximum Gasteiger partial charge on any atom is 0.339 e. The lowest BCUT2D eigenvalue weighted by molar-refractivity contribution is -1.08. The van der Waals surface area contributed by atoms with E-state index in [4.69, 9.17) is 47.4 Å². The highest BCUT2D eigenvalue weighted by atomic mass is 127. The minimum Gasteiger partial charge on any atom is -1.00 e. The number of quaternary nitrogens is 3. The van der Waals surface area contributed by atoms with Crippen molar-refractivity contribution in [3.63, 3.8) is 0 Å². The highest BCUT2D eigenvalue weighted by Crippen LogP contribution is 2.63. The second-order valence-electron chi connectivity index (χ2n) is 34.7. The molecule has 2 aromatic rings. The summed E-state index contributed by atoms with van der Waals surface area (Å²) in [6.07, 6.45) is 15.8. The highest BCUT2D eigenvalue weighted by Gasteiger charge is 2.71. The predicted molar refractivity (Wildman–Crippen MR) is 422 cm³/mol. The number of hydrogen-bond donors (Lipinski definition) is 2. The summed E-state index contributed by atoms with van der Waals surface area (Å²) in [6.45, 7) is 30.1. The highest BCUT2D eigenvalue weighted by molar-refractivity contribution is 14.1. The third kappa shape index (κ3) is 16.8. The van der Waals surface area contributed by atoms with Crippen molar-refractivity contribution >= 4 is 58.4 Å². The maximum atomic E-state index is 14.0. The summed E-state index contributed by atoms with van der Waals surface area (Å²) in [4.78, 5) is 86.8. The Kier molecular flexibility index (Phi) is 28.9. The van der Waals surface area contributed by atoms with E-state index in [9.17, 15) is 39.0 Å². The van der Waals surface area contributed by atoms with Crippen LogP contribution in [0, 0.1) is 59.2 Å². The molecule has 2 unspecified atom stereocenters. The van der Waals surface area contributed by atoms with E-state index >= 15 is 0 Å². The number of carbonyl (C=O) groups is 6. The number of allylic oxidation sites excluding steroid dienone is 6. The molecule has 10 fully saturated rings. The van der Waals surface area contributed by atoms with Crippen LogP contribution in [-0.2, 0) is 79.6 Å². The Morgan fingerprint density at radius 1 is 0.570 bits per heavy atom. The molecule has 0 radical (unpaired) electrons. The van der Waals surface area contributed by atoms with Crippen molar-refractivity contribution in [2.45, 2.75) is 179 Å².